The fourth-order valence-corrected chi connectivity index (χ4v) is 3.44. The van der Waals surface area contributed by atoms with E-state index in [1.807, 2.05) is 0 Å². The lowest BCUT2D eigenvalue weighted by Crippen LogP contribution is -2.47. The lowest BCUT2D eigenvalue weighted by Gasteiger charge is -2.31. The summed E-state index contributed by atoms with van der Waals surface area (Å²) in [5, 5.41) is 16.2. The summed E-state index contributed by atoms with van der Waals surface area (Å²) in [7, 11) is 1.65. The van der Waals surface area contributed by atoms with Gasteiger partial charge in [-0.15, -0.1) is 24.0 Å². The summed E-state index contributed by atoms with van der Waals surface area (Å²) in [6, 6.07) is 0.0401. The van der Waals surface area contributed by atoms with Crippen molar-refractivity contribution in [2.75, 3.05) is 13.6 Å². The summed E-state index contributed by atoms with van der Waals surface area (Å²) in [4.78, 5) is 4.13. The molecule has 2 aliphatic carbocycles. The summed E-state index contributed by atoms with van der Waals surface area (Å²) in [5.74, 6) is -0.303. The van der Waals surface area contributed by atoms with Crippen LogP contribution in [0.1, 0.15) is 44.9 Å². The Kier molecular flexibility index (Phi) is 8.40. The number of aliphatic imine (C=N–C) groups is 1. The van der Waals surface area contributed by atoms with Crippen molar-refractivity contribution >= 4 is 29.9 Å². The molecule has 0 aromatic heterocycles. The largest absolute Gasteiger partial charge is 0.393 e. The third kappa shape index (κ3) is 6.28. The van der Waals surface area contributed by atoms with Crippen molar-refractivity contribution in [2.45, 2.75) is 63.3 Å². The van der Waals surface area contributed by atoms with Gasteiger partial charge < -0.3 is 15.7 Å². The number of aliphatic hydroxyl groups excluding tert-OH is 1. The Bertz CT molecular complexity index is 385. The van der Waals surface area contributed by atoms with Gasteiger partial charge in [0.2, 0.25) is 0 Å². The number of nitrogens with one attached hydrogen (secondary N) is 2. The van der Waals surface area contributed by atoms with Crippen LogP contribution in [0.2, 0.25) is 0 Å². The maximum Gasteiger partial charge on any atom is 0.391 e. The van der Waals surface area contributed by atoms with E-state index >= 15 is 0 Å². The number of hydrogen-bond donors (Lipinski definition) is 3. The van der Waals surface area contributed by atoms with Crippen molar-refractivity contribution in [1.29, 1.82) is 0 Å². The molecule has 8 heteroatoms. The molecule has 2 fully saturated rings. The third-order valence-electron chi connectivity index (χ3n) is 4.91. The number of hydrogen-bond acceptors (Lipinski definition) is 2. The molecule has 0 aromatic carbocycles. The average Bonchev–Trinajstić information content (AvgIpc) is 2.88. The highest BCUT2D eigenvalue weighted by atomic mass is 127. The van der Waals surface area contributed by atoms with Gasteiger partial charge in [0.1, 0.15) is 0 Å². The summed E-state index contributed by atoms with van der Waals surface area (Å²) in [6.07, 6.45) is -0.0492. The monoisotopic (exact) mass is 449 g/mol. The lowest BCUT2D eigenvalue weighted by atomic mass is 9.85. The molecular formula is C15H27F3IN3O. The van der Waals surface area contributed by atoms with Crippen LogP contribution in [-0.2, 0) is 0 Å². The second-order valence-electron chi connectivity index (χ2n) is 6.45. The number of rotatable bonds is 3. The predicted octanol–water partition coefficient (Wildman–Crippen LogP) is 3.05. The van der Waals surface area contributed by atoms with Gasteiger partial charge in [-0.1, -0.05) is 6.42 Å². The number of aliphatic hydroxyl groups is 1. The molecule has 0 spiro atoms. The second kappa shape index (κ2) is 9.29. The maximum atomic E-state index is 12.6. The Morgan fingerprint density at radius 1 is 1.13 bits per heavy atom. The van der Waals surface area contributed by atoms with Crippen LogP contribution in [-0.4, -0.2) is 43.0 Å². The SMILES string of the molecule is CN=C(NCC1CCCC1O)NC1CCC(C(F)(F)F)CC1.I. The van der Waals surface area contributed by atoms with Crippen molar-refractivity contribution < 1.29 is 18.3 Å². The molecule has 2 rings (SSSR count). The fraction of sp³-hybridized carbons (Fsp3) is 0.933. The van der Waals surface area contributed by atoms with Crippen molar-refractivity contribution in [1.82, 2.24) is 10.6 Å². The van der Waals surface area contributed by atoms with E-state index in [0.29, 0.717) is 25.3 Å². The minimum Gasteiger partial charge on any atom is -0.393 e. The first kappa shape index (κ1) is 20.8. The van der Waals surface area contributed by atoms with Gasteiger partial charge in [0, 0.05) is 25.6 Å². The molecule has 0 amide bonds. The zero-order valence-electron chi connectivity index (χ0n) is 13.4. The van der Waals surface area contributed by atoms with Gasteiger partial charge in [-0.05, 0) is 38.5 Å². The van der Waals surface area contributed by atoms with Gasteiger partial charge in [-0.3, -0.25) is 4.99 Å². The highest BCUT2D eigenvalue weighted by Crippen LogP contribution is 2.37. The topological polar surface area (TPSA) is 56.7 Å². The molecule has 0 bridgehead atoms. The predicted molar refractivity (Wildman–Crippen MR) is 95.1 cm³/mol. The van der Waals surface area contributed by atoms with Crippen LogP contribution in [0.4, 0.5) is 13.2 Å². The van der Waals surface area contributed by atoms with E-state index in [4.69, 9.17) is 0 Å². The Hall–Kier alpha value is -0.250. The van der Waals surface area contributed by atoms with Crippen molar-refractivity contribution in [3.8, 4) is 0 Å². The highest BCUT2D eigenvalue weighted by molar-refractivity contribution is 14.0. The molecule has 2 atom stereocenters. The minimum atomic E-state index is -4.07. The Balaban J connectivity index is 0.00000264. The summed E-state index contributed by atoms with van der Waals surface area (Å²) in [6.45, 7) is 0.652. The van der Waals surface area contributed by atoms with Gasteiger partial charge in [-0.2, -0.15) is 13.2 Å². The first-order valence-electron chi connectivity index (χ1n) is 8.12. The Labute approximate surface area is 152 Å². The first-order valence-corrected chi connectivity index (χ1v) is 8.12. The molecule has 23 heavy (non-hydrogen) atoms. The van der Waals surface area contributed by atoms with Crippen LogP contribution < -0.4 is 10.6 Å². The third-order valence-corrected chi connectivity index (χ3v) is 4.91. The normalized spacial score (nSPS) is 32.3. The van der Waals surface area contributed by atoms with Gasteiger partial charge in [0.25, 0.3) is 0 Å². The number of halogens is 4. The highest BCUT2D eigenvalue weighted by Gasteiger charge is 2.41. The Morgan fingerprint density at radius 3 is 2.26 bits per heavy atom. The molecule has 4 nitrogen and oxygen atoms in total. The molecule has 136 valence electrons. The van der Waals surface area contributed by atoms with Crippen LogP contribution in [0.25, 0.3) is 0 Å². The smallest absolute Gasteiger partial charge is 0.391 e. The molecule has 0 saturated heterocycles. The summed E-state index contributed by atoms with van der Waals surface area (Å²) in [5.41, 5.74) is 0. The van der Waals surface area contributed by atoms with Gasteiger partial charge in [0.15, 0.2) is 5.96 Å². The van der Waals surface area contributed by atoms with Gasteiger partial charge in [-0.25, -0.2) is 0 Å². The molecule has 2 unspecified atom stereocenters. The van der Waals surface area contributed by atoms with E-state index in [0.717, 1.165) is 19.3 Å². The quantitative estimate of drug-likeness (QED) is 0.353. The zero-order valence-corrected chi connectivity index (χ0v) is 15.7. The molecule has 0 radical (unpaired) electrons. The van der Waals surface area contributed by atoms with Gasteiger partial charge >= 0.3 is 6.18 Å². The van der Waals surface area contributed by atoms with Crippen molar-refractivity contribution in [3.05, 3.63) is 0 Å². The van der Waals surface area contributed by atoms with E-state index in [1.54, 1.807) is 7.05 Å². The Morgan fingerprint density at radius 2 is 1.78 bits per heavy atom. The minimum absolute atomic E-state index is 0. The van der Waals surface area contributed by atoms with Crippen LogP contribution in [0.5, 0.6) is 0 Å². The van der Waals surface area contributed by atoms with E-state index in [-0.39, 0.29) is 54.9 Å². The van der Waals surface area contributed by atoms with Crippen molar-refractivity contribution in [3.63, 3.8) is 0 Å². The van der Waals surface area contributed by atoms with Crippen LogP contribution in [0, 0.1) is 11.8 Å². The second-order valence-corrected chi connectivity index (χ2v) is 6.45. The molecule has 2 aliphatic rings. The molecule has 3 N–H and O–H groups in total. The fourth-order valence-electron chi connectivity index (χ4n) is 3.44. The van der Waals surface area contributed by atoms with E-state index in [2.05, 4.69) is 15.6 Å². The van der Waals surface area contributed by atoms with Gasteiger partial charge in [0.05, 0.1) is 12.0 Å². The zero-order chi connectivity index (χ0) is 16.2. The molecular weight excluding hydrogens is 422 g/mol. The van der Waals surface area contributed by atoms with E-state index in [1.165, 1.54) is 0 Å². The van der Waals surface area contributed by atoms with E-state index < -0.39 is 12.1 Å². The standard InChI is InChI=1S/C15H26F3N3O.HI/c1-19-14(20-9-10-3-2-4-13(10)22)21-12-7-5-11(6-8-12)15(16,17)18;/h10-13,22H,2-9H2,1H3,(H2,19,20,21);1H. The average molecular weight is 449 g/mol. The molecule has 0 aliphatic heterocycles. The number of guanidine groups is 1. The summed E-state index contributed by atoms with van der Waals surface area (Å²) >= 11 is 0. The van der Waals surface area contributed by atoms with Crippen LogP contribution in [0.3, 0.4) is 0 Å². The van der Waals surface area contributed by atoms with Crippen LogP contribution >= 0.6 is 24.0 Å². The number of nitrogens with zero attached hydrogens (tertiary/aromatic N) is 1. The molecule has 0 aromatic rings. The maximum absolute atomic E-state index is 12.6. The summed E-state index contributed by atoms with van der Waals surface area (Å²) < 4.78 is 37.9. The number of alkyl halides is 3. The molecule has 2 saturated carbocycles. The van der Waals surface area contributed by atoms with Crippen LogP contribution in [0.15, 0.2) is 4.99 Å². The first-order chi connectivity index (χ1) is 10.4. The molecule has 0 heterocycles. The van der Waals surface area contributed by atoms with Crippen molar-refractivity contribution in [2.24, 2.45) is 16.8 Å². The van der Waals surface area contributed by atoms with E-state index in [9.17, 15) is 18.3 Å². The lowest BCUT2D eigenvalue weighted by molar-refractivity contribution is -0.182.